The maximum Gasteiger partial charge on any atom is 0.286 e. The number of aromatic nitrogens is 2. The number of amides is 1. The summed E-state index contributed by atoms with van der Waals surface area (Å²) in [5.41, 5.74) is 2.03. The molecule has 2 aliphatic rings. The third-order valence-electron chi connectivity index (χ3n) is 3.45. The van der Waals surface area contributed by atoms with Crippen molar-refractivity contribution in [3.63, 3.8) is 0 Å². The van der Waals surface area contributed by atoms with Crippen LogP contribution in [0.5, 0.6) is 0 Å². The van der Waals surface area contributed by atoms with E-state index in [9.17, 15) is 4.79 Å². The molecule has 0 spiro atoms. The number of hydrogen-bond acceptors (Lipinski definition) is 5. The molecule has 20 heavy (non-hydrogen) atoms. The zero-order valence-electron chi connectivity index (χ0n) is 11.5. The molecule has 5 nitrogen and oxygen atoms in total. The second-order valence-electron chi connectivity index (χ2n) is 4.72. The molecule has 1 fully saturated rings. The average molecular weight is 308 g/mol. The number of aliphatic imine (C=N–C) groups is 1. The Morgan fingerprint density at radius 3 is 2.75 bits per heavy atom. The largest absolute Gasteiger partial charge is 0.349 e. The predicted molar refractivity (Wildman–Crippen MR) is 84.9 cm³/mol. The van der Waals surface area contributed by atoms with Crippen molar-refractivity contribution in [3.05, 3.63) is 22.4 Å². The molecule has 0 radical (unpaired) electrons. The molecular formula is C13H16N4OS2. The topological polar surface area (TPSA) is 50.5 Å². The number of hydrogen-bond donors (Lipinski definition) is 0. The van der Waals surface area contributed by atoms with Gasteiger partial charge >= 0.3 is 0 Å². The Balaban J connectivity index is 1.78. The monoisotopic (exact) mass is 308 g/mol. The van der Waals surface area contributed by atoms with Crippen LogP contribution in [0.2, 0.25) is 0 Å². The molecule has 0 bridgehead atoms. The Kier molecular flexibility index (Phi) is 3.89. The van der Waals surface area contributed by atoms with Crippen LogP contribution in [0.25, 0.3) is 6.08 Å². The van der Waals surface area contributed by atoms with E-state index in [4.69, 9.17) is 0 Å². The van der Waals surface area contributed by atoms with E-state index < -0.39 is 0 Å². The fourth-order valence-electron chi connectivity index (χ4n) is 2.09. The van der Waals surface area contributed by atoms with Crippen molar-refractivity contribution in [2.45, 2.75) is 6.92 Å². The van der Waals surface area contributed by atoms with Crippen molar-refractivity contribution in [3.8, 4) is 0 Å². The second-order valence-corrected chi connectivity index (χ2v) is 6.95. The highest BCUT2D eigenvalue weighted by molar-refractivity contribution is 8.18. The molecular weight excluding hydrogens is 292 g/mol. The quantitative estimate of drug-likeness (QED) is 0.740. The van der Waals surface area contributed by atoms with E-state index in [-0.39, 0.29) is 5.91 Å². The standard InChI is InChI=1S/C13H16N4OS2/c1-9-10(8-14-16(9)2)7-11-12(18)15-13(20-11)17-3-5-19-6-4-17/h7-8H,3-6H2,1-2H3/b11-7-. The minimum Gasteiger partial charge on any atom is -0.349 e. The molecule has 1 aromatic heterocycles. The Labute approximate surface area is 126 Å². The van der Waals surface area contributed by atoms with E-state index >= 15 is 0 Å². The number of carbonyl (C=O) groups is 1. The summed E-state index contributed by atoms with van der Waals surface area (Å²) in [6.07, 6.45) is 3.68. The van der Waals surface area contributed by atoms with E-state index in [0.717, 1.165) is 41.0 Å². The fourth-order valence-corrected chi connectivity index (χ4v) is 3.95. The highest BCUT2D eigenvalue weighted by Gasteiger charge is 2.27. The summed E-state index contributed by atoms with van der Waals surface area (Å²) in [6, 6.07) is 0. The maximum absolute atomic E-state index is 12.0. The molecule has 7 heteroatoms. The van der Waals surface area contributed by atoms with Gasteiger partial charge in [0.15, 0.2) is 5.17 Å². The Morgan fingerprint density at radius 2 is 2.10 bits per heavy atom. The number of carbonyl (C=O) groups excluding carboxylic acids is 1. The lowest BCUT2D eigenvalue weighted by Crippen LogP contribution is -2.35. The van der Waals surface area contributed by atoms with E-state index in [1.165, 1.54) is 11.8 Å². The number of amidine groups is 1. The van der Waals surface area contributed by atoms with Gasteiger partial charge in [-0.1, -0.05) is 0 Å². The maximum atomic E-state index is 12.0. The Morgan fingerprint density at radius 1 is 1.35 bits per heavy atom. The van der Waals surface area contributed by atoms with Crippen molar-refractivity contribution >= 4 is 40.7 Å². The number of aryl methyl sites for hydroxylation is 1. The highest BCUT2D eigenvalue weighted by atomic mass is 32.2. The zero-order valence-corrected chi connectivity index (χ0v) is 13.1. The predicted octanol–water partition coefficient (Wildman–Crippen LogP) is 1.75. The molecule has 0 aliphatic carbocycles. The molecule has 1 saturated heterocycles. The van der Waals surface area contributed by atoms with Crippen LogP contribution in [0.15, 0.2) is 16.1 Å². The molecule has 0 saturated carbocycles. The molecule has 0 unspecified atom stereocenters. The molecule has 106 valence electrons. The minimum atomic E-state index is -0.133. The Hall–Kier alpha value is -1.21. The molecule has 2 aliphatic heterocycles. The first-order valence-corrected chi connectivity index (χ1v) is 8.46. The van der Waals surface area contributed by atoms with Crippen LogP contribution in [0.3, 0.4) is 0 Å². The van der Waals surface area contributed by atoms with E-state index in [1.807, 2.05) is 31.8 Å². The smallest absolute Gasteiger partial charge is 0.286 e. The van der Waals surface area contributed by atoms with Gasteiger partial charge in [-0.05, 0) is 24.8 Å². The van der Waals surface area contributed by atoms with Gasteiger partial charge in [0.05, 0.1) is 11.1 Å². The van der Waals surface area contributed by atoms with E-state index in [0.29, 0.717) is 4.91 Å². The SMILES string of the molecule is Cc1c(/C=C2\SC(N3CCSCC3)=NC2=O)cnn1C. The normalized spacial score (nSPS) is 21.7. The number of nitrogens with zero attached hydrogens (tertiary/aromatic N) is 4. The summed E-state index contributed by atoms with van der Waals surface area (Å²) in [6.45, 7) is 3.94. The summed E-state index contributed by atoms with van der Waals surface area (Å²) in [7, 11) is 1.90. The van der Waals surface area contributed by atoms with Crippen LogP contribution < -0.4 is 0 Å². The van der Waals surface area contributed by atoms with Gasteiger partial charge < -0.3 is 4.90 Å². The third-order valence-corrected chi connectivity index (χ3v) is 5.44. The Bertz CT molecular complexity index is 600. The fraction of sp³-hybridized carbons (Fsp3) is 0.462. The first-order chi connectivity index (χ1) is 9.65. The second kappa shape index (κ2) is 5.65. The number of rotatable bonds is 1. The molecule has 3 heterocycles. The summed E-state index contributed by atoms with van der Waals surface area (Å²) in [5.74, 6) is 2.08. The molecule has 0 atom stereocenters. The molecule has 3 rings (SSSR count). The van der Waals surface area contributed by atoms with Gasteiger partial charge in [0.25, 0.3) is 5.91 Å². The van der Waals surface area contributed by atoms with E-state index in [1.54, 1.807) is 10.9 Å². The van der Waals surface area contributed by atoms with Crippen LogP contribution in [0.4, 0.5) is 0 Å². The first-order valence-electron chi connectivity index (χ1n) is 6.49. The molecule has 1 aromatic rings. The van der Waals surface area contributed by atoms with Crippen LogP contribution >= 0.6 is 23.5 Å². The van der Waals surface area contributed by atoms with Crippen LogP contribution in [-0.2, 0) is 11.8 Å². The van der Waals surface area contributed by atoms with E-state index in [2.05, 4.69) is 15.0 Å². The van der Waals surface area contributed by atoms with Gasteiger partial charge in [0.2, 0.25) is 0 Å². The van der Waals surface area contributed by atoms with Gasteiger partial charge in [-0.15, -0.1) is 0 Å². The summed E-state index contributed by atoms with van der Waals surface area (Å²) in [5, 5.41) is 5.04. The summed E-state index contributed by atoms with van der Waals surface area (Å²) < 4.78 is 1.81. The van der Waals surface area contributed by atoms with Gasteiger partial charge in [0, 0.05) is 42.9 Å². The lowest BCUT2D eigenvalue weighted by Gasteiger charge is -2.26. The van der Waals surface area contributed by atoms with Crippen molar-refractivity contribution in [1.82, 2.24) is 14.7 Å². The minimum absolute atomic E-state index is 0.133. The lowest BCUT2D eigenvalue weighted by atomic mass is 10.2. The third kappa shape index (κ3) is 2.64. The van der Waals surface area contributed by atoms with Crippen molar-refractivity contribution in [1.29, 1.82) is 0 Å². The van der Waals surface area contributed by atoms with Crippen molar-refractivity contribution in [2.24, 2.45) is 12.0 Å². The average Bonchev–Trinajstić information content (AvgIpc) is 2.98. The summed E-state index contributed by atoms with van der Waals surface area (Å²) in [4.78, 5) is 19.1. The number of thioether (sulfide) groups is 2. The molecule has 1 amide bonds. The first kappa shape index (κ1) is 13.8. The van der Waals surface area contributed by atoms with Crippen LogP contribution in [-0.4, -0.2) is 50.4 Å². The van der Waals surface area contributed by atoms with Crippen molar-refractivity contribution < 1.29 is 4.79 Å². The van der Waals surface area contributed by atoms with Gasteiger partial charge in [-0.3, -0.25) is 9.48 Å². The molecule has 0 N–H and O–H groups in total. The van der Waals surface area contributed by atoms with Crippen LogP contribution in [0.1, 0.15) is 11.3 Å². The molecule has 0 aromatic carbocycles. The summed E-state index contributed by atoms with van der Waals surface area (Å²) >= 11 is 3.43. The zero-order chi connectivity index (χ0) is 14.1. The van der Waals surface area contributed by atoms with Gasteiger partial charge in [-0.2, -0.15) is 21.9 Å². The van der Waals surface area contributed by atoms with Crippen LogP contribution in [0, 0.1) is 6.92 Å². The van der Waals surface area contributed by atoms with Crippen molar-refractivity contribution in [2.75, 3.05) is 24.6 Å². The highest BCUT2D eigenvalue weighted by Crippen LogP contribution is 2.31. The van der Waals surface area contributed by atoms with Gasteiger partial charge in [-0.25, -0.2) is 0 Å². The van der Waals surface area contributed by atoms with Gasteiger partial charge in [0.1, 0.15) is 0 Å². The lowest BCUT2D eigenvalue weighted by molar-refractivity contribution is -0.113.